The maximum absolute atomic E-state index is 13.4. The zero-order valence-electron chi connectivity index (χ0n) is 7.66. The lowest BCUT2D eigenvalue weighted by Crippen LogP contribution is -2.32. The molecular formula is C8H4FN3O4. The number of aromatic nitrogens is 2. The van der Waals surface area contributed by atoms with Gasteiger partial charge in [-0.3, -0.25) is 10.1 Å². The average Bonchev–Trinajstić information content (AvgIpc) is 2.64. The minimum atomic E-state index is -0.868. The Hall–Kier alpha value is -2.51. The summed E-state index contributed by atoms with van der Waals surface area (Å²) in [6.07, 6.45) is 0.921. The third-order valence-electron chi connectivity index (χ3n) is 1.84. The van der Waals surface area contributed by atoms with Gasteiger partial charge in [-0.25, -0.2) is 0 Å². The van der Waals surface area contributed by atoms with Crippen LogP contribution in [-0.2, 0) is 0 Å². The molecule has 2 aromatic rings. The number of nitrogens with zero attached hydrogens (tertiary/aromatic N) is 3. The van der Waals surface area contributed by atoms with Crippen molar-refractivity contribution < 1.29 is 23.6 Å². The molecule has 0 unspecified atom stereocenters. The van der Waals surface area contributed by atoms with Crippen LogP contribution in [0.25, 0.3) is 5.69 Å². The molecule has 82 valence electrons. The SMILES string of the molecule is O=[N+]([O-])c1ccc(-[n+]2cc([O-])on2)c(F)c1. The van der Waals surface area contributed by atoms with Crippen LogP contribution in [0.5, 0.6) is 5.95 Å². The van der Waals surface area contributed by atoms with E-state index in [0.717, 1.165) is 29.1 Å². The summed E-state index contributed by atoms with van der Waals surface area (Å²) >= 11 is 0. The molecule has 0 aliphatic rings. The normalized spacial score (nSPS) is 10.3. The van der Waals surface area contributed by atoms with Crippen LogP contribution in [0, 0.1) is 15.9 Å². The molecule has 1 heterocycles. The van der Waals surface area contributed by atoms with Crippen molar-refractivity contribution in [3.8, 4) is 11.6 Å². The van der Waals surface area contributed by atoms with E-state index < -0.39 is 16.7 Å². The summed E-state index contributed by atoms with van der Waals surface area (Å²) in [4.78, 5) is 9.63. The third-order valence-corrected chi connectivity index (χ3v) is 1.84. The number of hydrogen-bond donors (Lipinski definition) is 0. The van der Waals surface area contributed by atoms with E-state index in [1.54, 1.807) is 0 Å². The average molecular weight is 225 g/mol. The first kappa shape index (κ1) is 10.0. The molecule has 0 aliphatic carbocycles. The predicted octanol–water partition coefficient (Wildman–Crippen LogP) is 0.0722. The highest BCUT2D eigenvalue weighted by molar-refractivity contribution is 5.37. The zero-order valence-corrected chi connectivity index (χ0v) is 7.66. The monoisotopic (exact) mass is 225 g/mol. The van der Waals surface area contributed by atoms with E-state index in [9.17, 15) is 19.6 Å². The lowest BCUT2D eigenvalue weighted by atomic mass is 10.2. The molecular weight excluding hydrogens is 221 g/mol. The van der Waals surface area contributed by atoms with Gasteiger partial charge in [0.15, 0.2) is 0 Å². The Morgan fingerprint density at radius 3 is 2.75 bits per heavy atom. The molecule has 7 nitrogen and oxygen atoms in total. The maximum atomic E-state index is 13.4. The molecule has 0 fully saturated rings. The predicted molar refractivity (Wildman–Crippen MR) is 44.1 cm³/mol. The van der Waals surface area contributed by atoms with Crippen molar-refractivity contribution in [2.24, 2.45) is 0 Å². The summed E-state index contributed by atoms with van der Waals surface area (Å²) < 4.78 is 18.5. The summed E-state index contributed by atoms with van der Waals surface area (Å²) in [7, 11) is 0. The first-order valence-corrected chi connectivity index (χ1v) is 4.08. The minimum Gasteiger partial charge on any atom is -0.539 e. The molecule has 0 radical (unpaired) electrons. The Balaban J connectivity index is 2.47. The van der Waals surface area contributed by atoms with Crippen LogP contribution in [0.15, 0.2) is 28.9 Å². The van der Waals surface area contributed by atoms with Gasteiger partial charge in [0.2, 0.25) is 12.0 Å². The number of rotatable bonds is 2. The Bertz CT molecular complexity index is 554. The van der Waals surface area contributed by atoms with Gasteiger partial charge in [-0.2, -0.15) is 4.39 Å². The first-order valence-electron chi connectivity index (χ1n) is 4.08. The van der Waals surface area contributed by atoms with Gasteiger partial charge in [0, 0.05) is 12.1 Å². The van der Waals surface area contributed by atoms with Crippen LogP contribution in [0.4, 0.5) is 10.1 Å². The fourth-order valence-electron chi connectivity index (χ4n) is 1.14. The number of hydrogen-bond acceptors (Lipinski definition) is 5. The van der Waals surface area contributed by atoms with E-state index in [1.807, 2.05) is 0 Å². The molecule has 0 atom stereocenters. The van der Waals surface area contributed by atoms with Gasteiger partial charge in [-0.05, 0) is 4.68 Å². The molecule has 8 heteroatoms. The maximum Gasteiger partial charge on any atom is 0.275 e. The number of non-ortho nitro benzene ring substituents is 1. The molecule has 16 heavy (non-hydrogen) atoms. The lowest BCUT2D eigenvalue weighted by molar-refractivity contribution is -0.672. The van der Waals surface area contributed by atoms with Gasteiger partial charge in [-0.15, -0.1) is 0 Å². The molecule has 0 aliphatic heterocycles. The van der Waals surface area contributed by atoms with Crippen molar-refractivity contribution in [3.05, 3.63) is 40.3 Å². The van der Waals surface area contributed by atoms with Crippen molar-refractivity contribution >= 4 is 5.69 Å². The van der Waals surface area contributed by atoms with Crippen molar-refractivity contribution in [2.75, 3.05) is 0 Å². The van der Waals surface area contributed by atoms with Crippen LogP contribution in [-0.4, -0.2) is 10.2 Å². The van der Waals surface area contributed by atoms with Gasteiger partial charge in [0.1, 0.15) is 5.95 Å². The molecule has 0 saturated carbocycles. The van der Waals surface area contributed by atoms with Crippen LogP contribution in [0.3, 0.4) is 0 Å². The summed E-state index contributed by atoms with van der Waals surface area (Å²) in [5, 5.41) is 24.3. The van der Waals surface area contributed by atoms with Crippen LogP contribution < -0.4 is 9.79 Å². The molecule has 2 rings (SSSR count). The van der Waals surface area contributed by atoms with Crippen molar-refractivity contribution in [1.82, 2.24) is 5.27 Å². The van der Waals surface area contributed by atoms with Crippen molar-refractivity contribution in [1.29, 1.82) is 0 Å². The topological polar surface area (TPSA) is 96.1 Å². The molecule has 0 N–H and O–H groups in total. The Morgan fingerprint density at radius 2 is 2.25 bits per heavy atom. The van der Waals surface area contributed by atoms with Crippen molar-refractivity contribution in [2.45, 2.75) is 0 Å². The highest BCUT2D eigenvalue weighted by Crippen LogP contribution is 2.16. The second kappa shape index (κ2) is 3.57. The van der Waals surface area contributed by atoms with E-state index >= 15 is 0 Å². The summed E-state index contributed by atoms with van der Waals surface area (Å²) in [5.41, 5.74) is -0.482. The first-order chi connectivity index (χ1) is 7.58. The fourth-order valence-corrected chi connectivity index (χ4v) is 1.14. The molecule has 1 aromatic heterocycles. The number of benzene rings is 1. The molecule has 0 amide bonds. The largest absolute Gasteiger partial charge is 0.539 e. The number of halogens is 1. The Morgan fingerprint density at radius 1 is 1.50 bits per heavy atom. The van der Waals surface area contributed by atoms with Gasteiger partial charge in [0.25, 0.3) is 11.4 Å². The van der Waals surface area contributed by atoms with Gasteiger partial charge in [0.05, 0.1) is 16.3 Å². The lowest BCUT2D eigenvalue weighted by Gasteiger charge is -1.93. The smallest absolute Gasteiger partial charge is 0.275 e. The fraction of sp³-hybridized carbons (Fsp3) is 0. The highest BCUT2D eigenvalue weighted by Gasteiger charge is 2.19. The van der Waals surface area contributed by atoms with E-state index in [4.69, 9.17) is 0 Å². The Labute approximate surface area is 87.5 Å². The van der Waals surface area contributed by atoms with Crippen LogP contribution in [0.2, 0.25) is 0 Å². The van der Waals surface area contributed by atoms with Crippen molar-refractivity contribution in [3.63, 3.8) is 0 Å². The third kappa shape index (κ3) is 1.67. The summed E-state index contributed by atoms with van der Waals surface area (Å²) in [6.45, 7) is 0. The van der Waals surface area contributed by atoms with Gasteiger partial charge < -0.3 is 9.63 Å². The number of nitro groups is 1. The molecule has 0 saturated heterocycles. The van der Waals surface area contributed by atoms with Crippen LogP contribution in [0.1, 0.15) is 0 Å². The van der Waals surface area contributed by atoms with Gasteiger partial charge >= 0.3 is 0 Å². The Kier molecular flexibility index (Phi) is 2.24. The summed E-state index contributed by atoms with van der Waals surface area (Å²) in [5.74, 6) is -1.61. The quantitative estimate of drug-likeness (QED) is 0.409. The highest BCUT2D eigenvalue weighted by atomic mass is 19.1. The standard InChI is InChI=1S/C8H4FN3O4/c9-6-3-5(12(14)15)1-2-7(6)11-4-8(13)16-10-11/h1-4H. The van der Waals surface area contributed by atoms with E-state index in [2.05, 4.69) is 9.79 Å². The molecule has 0 bridgehead atoms. The van der Waals surface area contributed by atoms with Crippen LogP contribution >= 0.6 is 0 Å². The summed E-state index contributed by atoms with van der Waals surface area (Å²) in [6, 6.07) is 2.97. The van der Waals surface area contributed by atoms with E-state index in [1.165, 1.54) is 0 Å². The van der Waals surface area contributed by atoms with E-state index in [0.29, 0.717) is 0 Å². The molecule has 1 aromatic carbocycles. The number of nitro benzene ring substituents is 1. The van der Waals surface area contributed by atoms with E-state index in [-0.39, 0.29) is 11.4 Å². The second-order valence-corrected chi connectivity index (χ2v) is 2.86. The second-order valence-electron chi connectivity index (χ2n) is 2.86. The zero-order chi connectivity index (χ0) is 11.7. The molecule has 0 spiro atoms. The minimum absolute atomic E-state index is 0.101. The van der Waals surface area contributed by atoms with Gasteiger partial charge in [-0.1, -0.05) is 0 Å².